The summed E-state index contributed by atoms with van der Waals surface area (Å²) in [4.78, 5) is 12.1. The molecular formula is C15H24N2O3S. The number of hydrogen-bond donors (Lipinski definition) is 2. The predicted octanol–water partition coefficient (Wildman–Crippen LogP) is 2.40. The van der Waals surface area contributed by atoms with Crippen molar-refractivity contribution in [2.75, 3.05) is 23.9 Å². The second-order valence-corrected chi connectivity index (χ2v) is 7.23. The highest BCUT2D eigenvalue weighted by Gasteiger charge is 2.20. The third kappa shape index (κ3) is 5.38. The van der Waals surface area contributed by atoms with Crippen LogP contribution in [-0.2, 0) is 15.6 Å². The number of nitrogens with one attached hydrogen (secondary N) is 1. The second-order valence-electron chi connectivity index (χ2n) is 5.35. The molecule has 0 aliphatic heterocycles. The van der Waals surface area contributed by atoms with E-state index in [1.165, 1.54) is 0 Å². The van der Waals surface area contributed by atoms with Gasteiger partial charge in [-0.3, -0.25) is 9.00 Å². The summed E-state index contributed by atoms with van der Waals surface area (Å²) in [6.45, 7) is 5.81. The Bertz CT molecular complexity index is 518. The Morgan fingerprint density at radius 2 is 2.05 bits per heavy atom. The van der Waals surface area contributed by atoms with Gasteiger partial charge in [0.2, 0.25) is 5.91 Å². The summed E-state index contributed by atoms with van der Waals surface area (Å²) >= 11 is 0. The van der Waals surface area contributed by atoms with Gasteiger partial charge in [-0.25, -0.2) is 0 Å². The molecule has 0 fully saturated rings. The molecule has 6 heteroatoms. The minimum absolute atomic E-state index is 0.283. The van der Waals surface area contributed by atoms with E-state index in [4.69, 9.17) is 10.5 Å². The van der Waals surface area contributed by atoms with Crippen molar-refractivity contribution in [2.24, 2.45) is 5.92 Å². The first-order valence-corrected chi connectivity index (χ1v) is 8.35. The van der Waals surface area contributed by atoms with Gasteiger partial charge in [-0.2, -0.15) is 0 Å². The van der Waals surface area contributed by atoms with Gasteiger partial charge in [0.25, 0.3) is 0 Å². The summed E-state index contributed by atoms with van der Waals surface area (Å²) in [5.74, 6) is 1.35. The predicted molar refractivity (Wildman–Crippen MR) is 88.0 cm³/mol. The molecule has 1 rings (SSSR count). The summed E-state index contributed by atoms with van der Waals surface area (Å²) < 4.78 is 17.1. The highest BCUT2D eigenvalue weighted by atomic mass is 32.2. The van der Waals surface area contributed by atoms with Gasteiger partial charge in [0.15, 0.2) is 0 Å². The molecule has 21 heavy (non-hydrogen) atoms. The Balaban J connectivity index is 2.65. The highest BCUT2D eigenvalue weighted by Crippen LogP contribution is 2.24. The Hall–Kier alpha value is -1.56. The van der Waals surface area contributed by atoms with Crippen molar-refractivity contribution >= 4 is 28.1 Å². The summed E-state index contributed by atoms with van der Waals surface area (Å²) in [5, 5.41) is 2.15. The van der Waals surface area contributed by atoms with Crippen LogP contribution in [0.1, 0.15) is 27.2 Å². The number of carbonyl (C=O) groups excluding carboxylic acids is 1. The fourth-order valence-electron chi connectivity index (χ4n) is 1.66. The van der Waals surface area contributed by atoms with Crippen LogP contribution in [0.4, 0.5) is 11.4 Å². The van der Waals surface area contributed by atoms with Crippen LogP contribution in [0.25, 0.3) is 0 Å². The molecule has 118 valence electrons. The topological polar surface area (TPSA) is 81.4 Å². The maximum absolute atomic E-state index is 12.1. The molecule has 0 bridgehead atoms. The zero-order valence-corrected chi connectivity index (χ0v) is 13.8. The van der Waals surface area contributed by atoms with Crippen molar-refractivity contribution in [3.05, 3.63) is 18.2 Å². The van der Waals surface area contributed by atoms with E-state index in [1.54, 1.807) is 32.2 Å². The number of methoxy groups -OCH3 is 1. The Morgan fingerprint density at radius 3 is 2.57 bits per heavy atom. The van der Waals surface area contributed by atoms with Crippen molar-refractivity contribution in [3.8, 4) is 5.75 Å². The number of ether oxygens (including phenoxy) is 1. The lowest BCUT2D eigenvalue weighted by Crippen LogP contribution is -2.30. The van der Waals surface area contributed by atoms with E-state index >= 15 is 0 Å². The highest BCUT2D eigenvalue weighted by molar-refractivity contribution is 7.86. The van der Waals surface area contributed by atoms with Gasteiger partial charge in [-0.1, -0.05) is 13.8 Å². The van der Waals surface area contributed by atoms with Crippen LogP contribution in [0.2, 0.25) is 0 Å². The summed E-state index contributed by atoms with van der Waals surface area (Å²) in [5.41, 5.74) is 6.78. The molecule has 2 atom stereocenters. The van der Waals surface area contributed by atoms with Crippen molar-refractivity contribution < 1.29 is 13.7 Å². The van der Waals surface area contributed by atoms with Gasteiger partial charge in [0.05, 0.1) is 18.5 Å². The minimum atomic E-state index is -1.18. The molecule has 1 amide bonds. The molecule has 0 heterocycles. The quantitative estimate of drug-likeness (QED) is 0.758. The van der Waals surface area contributed by atoms with Gasteiger partial charge >= 0.3 is 0 Å². The van der Waals surface area contributed by atoms with Gasteiger partial charge in [0.1, 0.15) is 11.0 Å². The van der Waals surface area contributed by atoms with E-state index in [2.05, 4.69) is 19.2 Å². The first-order chi connectivity index (χ1) is 9.85. The zero-order chi connectivity index (χ0) is 16.0. The largest absolute Gasteiger partial charge is 0.497 e. The molecule has 0 radical (unpaired) electrons. The number of rotatable bonds is 7. The lowest BCUT2D eigenvalue weighted by molar-refractivity contribution is -0.115. The van der Waals surface area contributed by atoms with Crippen molar-refractivity contribution in [2.45, 2.75) is 32.4 Å². The molecule has 0 aliphatic carbocycles. The number of amides is 1. The number of nitrogen functional groups attached to an aromatic ring is 1. The van der Waals surface area contributed by atoms with E-state index in [0.29, 0.717) is 28.8 Å². The van der Waals surface area contributed by atoms with Crippen molar-refractivity contribution in [1.29, 1.82) is 0 Å². The number of benzene rings is 1. The fourth-order valence-corrected chi connectivity index (χ4v) is 3.02. The third-order valence-electron chi connectivity index (χ3n) is 3.18. The average Bonchev–Trinajstić information content (AvgIpc) is 2.45. The molecule has 0 saturated carbocycles. The fraction of sp³-hybridized carbons (Fsp3) is 0.533. The zero-order valence-electron chi connectivity index (χ0n) is 13.0. The minimum Gasteiger partial charge on any atom is -0.497 e. The number of nitrogens with two attached hydrogens (primary N) is 1. The SMILES string of the molecule is COc1ccc(NC(=O)C(C)S(=O)CCC(C)C)c(N)c1. The van der Waals surface area contributed by atoms with E-state index in [0.717, 1.165) is 6.42 Å². The van der Waals surface area contributed by atoms with E-state index in [9.17, 15) is 9.00 Å². The van der Waals surface area contributed by atoms with E-state index < -0.39 is 16.0 Å². The van der Waals surface area contributed by atoms with Crippen LogP contribution in [0.15, 0.2) is 18.2 Å². The first kappa shape index (κ1) is 17.5. The van der Waals surface area contributed by atoms with E-state index in [1.807, 2.05) is 0 Å². The lowest BCUT2D eigenvalue weighted by atomic mass is 10.2. The summed E-state index contributed by atoms with van der Waals surface area (Å²) in [7, 11) is 0.369. The van der Waals surface area contributed by atoms with Crippen molar-refractivity contribution in [3.63, 3.8) is 0 Å². The Kier molecular flexibility index (Phi) is 6.68. The van der Waals surface area contributed by atoms with Gasteiger partial charge in [-0.15, -0.1) is 0 Å². The Labute approximate surface area is 128 Å². The monoisotopic (exact) mass is 312 g/mol. The number of hydrogen-bond acceptors (Lipinski definition) is 4. The molecule has 0 aliphatic rings. The van der Waals surface area contributed by atoms with Crippen LogP contribution in [0.3, 0.4) is 0 Å². The first-order valence-electron chi connectivity index (χ1n) is 6.96. The summed E-state index contributed by atoms with van der Waals surface area (Å²) in [6, 6.07) is 5.03. The molecule has 2 unspecified atom stereocenters. The summed E-state index contributed by atoms with van der Waals surface area (Å²) in [6.07, 6.45) is 0.842. The van der Waals surface area contributed by atoms with Crippen molar-refractivity contribution in [1.82, 2.24) is 0 Å². The number of carbonyl (C=O) groups is 1. The second kappa shape index (κ2) is 8.02. The van der Waals surface area contributed by atoms with Crippen LogP contribution >= 0.6 is 0 Å². The van der Waals surface area contributed by atoms with Crippen LogP contribution < -0.4 is 15.8 Å². The van der Waals surface area contributed by atoms with Crippen LogP contribution in [-0.4, -0.2) is 28.2 Å². The molecule has 3 N–H and O–H groups in total. The Morgan fingerprint density at radius 1 is 1.38 bits per heavy atom. The van der Waals surface area contributed by atoms with E-state index in [-0.39, 0.29) is 5.91 Å². The standard InChI is InChI=1S/C15H24N2O3S/c1-10(2)7-8-21(19)11(3)15(18)17-14-6-5-12(20-4)9-13(14)16/h5-6,9-11H,7-8,16H2,1-4H3,(H,17,18). The van der Waals surface area contributed by atoms with Gasteiger partial charge < -0.3 is 15.8 Å². The van der Waals surface area contributed by atoms with Crippen LogP contribution in [0.5, 0.6) is 5.75 Å². The average molecular weight is 312 g/mol. The maximum atomic E-state index is 12.1. The third-order valence-corrected chi connectivity index (χ3v) is 4.82. The normalized spacial score (nSPS) is 13.8. The maximum Gasteiger partial charge on any atom is 0.239 e. The lowest BCUT2D eigenvalue weighted by Gasteiger charge is -2.14. The molecule has 0 aromatic heterocycles. The molecule has 1 aromatic rings. The molecular weight excluding hydrogens is 288 g/mol. The smallest absolute Gasteiger partial charge is 0.239 e. The molecule has 5 nitrogen and oxygen atoms in total. The van der Waals surface area contributed by atoms with Gasteiger partial charge in [0, 0.05) is 22.6 Å². The molecule has 1 aromatic carbocycles. The number of anilines is 2. The van der Waals surface area contributed by atoms with Gasteiger partial charge in [-0.05, 0) is 31.4 Å². The molecule has 0 saturated heterocycles. The molecule has 0 spiro atoms. The van der Waals surface area contributed by atoms with Crippen LogP contribution in [0, 0.1) is 5.92 Å².